The van der Waals surface area contributed by atoms with E-state index in [9.17, 15) is 0 Å². The standard InChI is InChI=1S/C11H19NO/c1-3-11-10(2)6-8-12(11)7-4-5-9-13/h3,6,8,10,13H,4-5,7,9H2,1-2H3/b11-3+. The minimum absolute atomic E-state index is 0.304. The van der Waals surface area contributed by atoms with Crippen molar-refractivity contribution < 1.29 is 5.11 Å². The molecule has 1 aliphatic heterocycles. The molecular weight excluding hydrogens is 162 g/mol. The molecule has 1 N–H and O–H groups in total. The molecule has 2 nitrogen and oxygen atoms in total. The lowest BCUT2D eigenvalue weighted by Crippen LogP contribution is -2.16. The smallest absolute Gasteiger partial charge is 0.0431 e. The summed E-state index contributed by atoms with van der Waals surface area (Å²) in [5.41, 5.74) is 1.39. The topological polar surface area (TPSA) is 23.5 Å². The lowest BCUT2D eigenvalue weighted by Gasteiger charge is -2.20. The summed E-state index contributed by atoms with van der Waals surface area (Å²) in [6.45, 7) is 5.62. The van der Waals surface area contributed by atoms with E-state index in [-0.39, 0.29) is 0 Å². The van der Waals surface area contributed by atoms with E-state index in [4.69, 9.17) is 5.11 Å². The second-order valence-corrected chi connectivity index (χ2v) is 3.47. The molecule has 1 heterocycles. The van der Waals surface area contributed by atoms with Gasteiger partial charge in [-0.2, -0.15) is 0 Å². The van der Waals surface area contributed by atoms with E-state index in [1.165, 1.54) is 5.70 Å². The van der Waals surface area contributed by atoms with E-state index < -0.39 is 0 Å². The van der Waals surface area contributed by atoms with E-state index in [0.717, 1.165) is 19.4 Å². The Bertz CT molecular complexity index is 208. The number of unbranched alkanes of at least 4 members (excludes halogenated alkanes) is 1. The van der Waals surface area contributed by atoms with Crippen molar-refractivity contribution in [2.24, 2.45) is 5.92 Å². The Kier molecular flexibility index (Phi) is 4.03. The van der Waals surface area contributed by atoms with Crippen LogP contribution in [0.25, 0.3) is 0 Å². The van der Waals surface area contributed by atoms with Crippen LogP contribution < -0.4 is 0 Å². The summed E-state index contributed by atoms with van der Waals surface area (Å²) >= 11 is 0. The molecule has 0 spiro atoms. The molecular formula is C11H19NO. The maximum Gasteiger partial charge on any atom is 0.0431 e. The van der Waals surface area contributed by atoms with Gasteiger partial charge in [0.15, 0.2) is 0 Å². The van der Waals surface area contributed by atoms with Crippen LogP contribution in [0.15, 0.2) is 24.0 Å². The monoisotopic (exact) mass is 181 g/mol. The molecule has 0 fully saturated rings. The van der Waals surface area contributed by atoms with Crippen molar-refractivity contribution in [2.75, 3.05) is 13.2 Å². The van der Waals surface area contributed by atoms with Crippen molar-refractivity contribution in [3.63, 3.8) is 0 Å². The highest BCUT2D eigenvalue weighted by atomic mass is 16.2. The fraction of sp³-hybridized carbons (Fsp3) is 0.636. The quantitative estimate of drug-likeness (QED) is 0.672. The van der Waals surface area contributed by atoms with E-state index in [1.807, 2.05) is 0 Å². The van der Waals surface area contributed by atoms with Crippen LogP contribution in [-0.4, -0.2) is 23.2 Å². The molecule has 0 saturated heterocycles. The zero-order chi connectivity index (χ0) is 9.68. The molecule has 0 saturated carbocycles. The summed E-state index contributed by atoms with van der Waals surface area (Å²) in [5.74, 6) is 0.555. The summed E-state index contributed by atoms with van der Waals surface area (Å²) in [6, 6.07) is 0. The molecule has 0 bridgehead atoms. The summed E-state index contributed by atoms with van der Waals surface area (Å²) in [4.78, 5) is 2.28. The van der Waals surface area contributed by atoms with Crippen molar-refractivity contribution in [2.45, 2.75) is 26.7 Å². The highest BCUT2D eigenvalue weighted by molar-refractivity contribution is 5.19. The third-order valence-corrected chi connectivity index (χ3v) is 2.46. The van der Waals surface area contributed by atoms with Crippen molar-refractivity contribution in [3.8, 4) is 0 Å². The third-order valence-electron chi connectivity index (χ3n) is 2.46. The van der Waals surface area contributed by atoms with Gasteiger partial charge in [-0.15, -0.1) is 0 Å². The summed E-state index contributed by atoms with van der Waals surface area (Å²) in [7, 11) is 0. The number of rotatable bonds is 4. The number of hydrogen-bond acceptors (Lipinski definition) is 2. The van der Waals surface area contributed by atoms with Gasteiger partial charge in [0.1, 0.15) is 0 Å². The molecule has 0 aromatic rings. The predicted molar refractivity (Wildman–Crippen MR) is 55.1 cm³/mol. The molecule has 0 aromatic heterocycles. The summed E-state index contributed by atoms with van der Waals surface area (Å²) < 4.78 is 0. The van der Waals surface area contributed by atoms with Crippen LogP contribution in [0, 0.1) is 5.92 Å². The number of aliphatic hydroxyl groups is 1. The lowest BCUT2D eigenvalue weighted by molar-refractivity contribution is 0.277. The van der Waals surface area contributed by atoms with E-state index in [2.05, 4.69) is 37.1 Å². The molecule has 74 valence electrons. The maximum atomic E-state index is 8.66. The van der Waals surface area contributed by atoms with Crippen LogP contribution in [0.3, 0.4) is 0 Å². The first kappa shape index (κ1) is 10.3. The first-order chi connectivity index (χ1) is 6.29. The molecule has 1 rings (SSSR count). The Morgan fingerprint density at radius 3 is 2.92 bits per heavy atom. The van der Waals surface area contributed by atoms with E-state index >= 15 is 0 Å². The molecule has 1 unspecified atom stereocenters. The lowest BCUT2D eigenvalue weighted by atomic mass is 10.1. The highest BCUT2D eigenvalue weighted by Crippen LogP contribution is 2.24. The summed E-state index contributed by atoms with van der Waals surface area (Å²) in [6.07, 6.45) is 8.50. The number of hydrogen-bond donors (Lipinski definition) is 1. The SMILES string of the molecule is C/C=C1\C(C)C=CN1CCCCO. The second kappa shape index (κ2) is 5.07. The largest absolute Gasteiger partial charge is 0.396 e. The van der Waals surface area contributed by atoms with Gasteiger partial charge in [-0.25, -0.2) is 0 Å². The van der Waals surface area contributed by atoms with Gasteiger partial charge in [0.2, 0.25) is 0 Å². The van der Waals surface area contributed by atoms with Crippen molar-refractivity contribution in [1.29, 1.82) is 0 Å². The molecule has 2 heteroatoms. The number of nitrogens with zero attached hydrogens (tertiary/aromatic N) is 1. The Morgan fingerprint density at radius 1 is 1.54 bits per heavy atom. The third kappa shape index (κ3) is 2.59. The minimum atomic E-state index is 0.304. The Hall–Kier alpha value is -0.760. The normalized spacial score (nSPS) is 24.7. The van der Waals surface area contributed by atoms with Crippen LogP contribution in [0.1, 0.15) is 26.7 Å². The molecule has 1 aliphatic rings. The van der Waals surface area contributed by atoms with Crippen LogP contribution >= 0.6 is 0 Å². The zero-order valence-corrected chi connectivity index (χ0v) is 8.53. The van der Waals surface area contributed by atoms with E-state index in [0.29, 0.717) is 12.5 Å². The van der Waals surface area contributed by atoms with Gasteiger partial charge < -0.3 is 10.0 Å². The minimum Gasteiger partial charge on any atom is -0.396 e. The van der Waals surface area contributed by atoms with Gasteiger partial charge in [0.05, 0.1) is 0 Å². The predicted octanol–water partition coefficient (Wildman–Crippen LogP) is 2.13. The average molecular weight is 181 g/mol. The van der Waals surface area contributed by atoms with Crippen molar-refractivity contribution in [1.82, 2.24) is 4.90 Å². The highest BCUT2D eigenvalue weighted by Gasteiger charge is 2.16. The Labute approximate surface area is 80.6 Å². The molecule has 0 radical (unpaired) electrons. The Balaban J connectivity index is 2.38. The first-order valence-corrected chi connectivity index (χ1v) is 5.01. The van der Waals surface area contributed by atoms with Gasteiger partial charge >= 0.3 is 0 Å². The molecule has 0 aliphatic carbocycles. The number of aliphatic hydroxyl groups excluding tert-OH is 1. The van der Waals surface area contributed by atoms with Crippen LogP contribution in [0.2, 0.25) is 0 Å². The average Bonchev–Trinajstić information content (AvgIpc) is 2.47. The van der Waals surface area contributed by atoms with Crippen molar-refractivity contribution in [3.05, 3.63) is 24.0 Å². The van der Waals surface area contributed by atoms with E-state index in [1.54, 1.807) is 0 Å². The van der Waals surface area contributed by atoms with Crippen LogP contribution in [-0.2, 0) is 0 Å². The molecule has 0 aromatic carbocycles. The van der Waals surface area contributed by atoms with Gasteiger partial charge in [-0.3, -0.25) is 0 Å². The summed E-state index contributed by atoms with van der Waals surface area (Å²) in [5, 5.41) is 8.66. The zero-order valence-electron chi connectivity index (χ0n) is 8.53. The number of allylic oxidation sites excluding steroid dienone is 2. The van der Waals surface area contributed by atoms with Gasteiger partial charge in [0, 0.05) is 31.0 Å². The fourth-order valence-electron chi connectivity index (χ4n) is 1.71. The van der Waals surface area contributed by atoms with Gasteiger partial charge in [-0.1, -0.05) is 19.1 Å². The van der Waals surface area contributed by atoms with Crippen LogP contribution in [0.4, 0.5) is 0 Å². The molecule has 1 atom stereocenters. The Morgan fingerprint density at radius 2 is 2.31 bits per heavy atom. The van der Waals surface area contributed by atoms with Crippen molar-refractivity contribution >= 4 is 0 Å². The van der Waals surface area contributed by atoms with Gasteiger partial charge in [0.25, 0.3) is 0 Å². The maximum absolute atomic E-state index is 8.66. The molecule has 13 heavy (non-hydrogen) atoms. The second-order valence-electron chi connectivity index (χ2n) is 3.47. The first-order valence-electron chi connectivity index (χ1n) is 5.01. The van der Waals surface area contributed by atoms with Gasteiger partial charge in [-0.05, 0) is 19.8 Å². The fourth-order valence-corrected chi connectivity index (χ4v) is 1.71. The molecule has 0 amide bonds. The van der Waals surface area contributed by atoms with Crippen LogP contribution in [0.5, 0.6) is 0 Å².